The van der Waals surface area contributed by atoms with Crippen LogP contribution in [0.1, 0.15) is 47.2 Å². The van der Waals surface area contributed by atoms with E-state index in [1.54, 1.807) is 11.0 Å². The highest BCUT2D eigenvalue weighted by Crippen LogP contribution is 2.51. The lowest BCUT2D eigenvalue weighted by atomic mass is 9.80. The van der Waals surface area contributed by atoms with Crippen molar-refractivity contribution in [3.63, 3.8) is 0 Å². The van der Waals surface area contributed by atoms with Gasteiger partial charge in [0.25, 0.3) is 5.91 Å². The van der Waals surface area contributed by atoms with E-state index in [2.05, 4.69) is 0 Å². The molecule has 1 fully saturated rings. The van der Waals surface area contributed by atoms with Gasteiger partial charge in [-0.1, -0.05) is 31.0 Å². The second-order valence-electron chi connectivity index (χ2n) is 6.91. The predicted molar refractivity (Wildman–Crippen MR) is 99.8 cm³/mol. The van der Waals surface area contributed by atoms with Gasteiger partial charge in [-0.15, -0.1) is 12.4 Å². The third-order valence-corrected chi connectivity index (χ3v) is 5.52. The van der Waals surface area contributed by atoms with Crippen molar-refractivity contribution in [3.05, 3.63) is 65.0 Å². The quantitative estimate of drug-likeness (QED) is 0.873. The molecular formula is C20H22ClFN2O. The third-order valence-electron chi connectivity index (χ3n) is 5.52. The smallest absolute Gasteiger partial charge is 0.258 e. The maximum Gasteiger partial charge on any atom is 0.258 e. The maximum absolute atomic E-state index is 14.6. The van der Waals surface area contributed by atoms with E-state index in [4.69, 9.17) is 5.73 Å². The van der Waals surface area contributed by atoms with Gasteiger partial charge in [0.05, 0.1) is 5.69 Å². The Hall–Kier alpha value is -1.91. The molecule has 0 unspecified atom stereocenters. The van der Waals surface area contributed by atoms with Gasteiger partial charge >= 0.3 is 0 Å². The van der Waals surface area contributed by atoms with E-state index in [0.717, 1.165) is 42.5 Å². The minimum absolute atomic E-state index is 0. The molecule has 2 N–H and O–H groups in total. The van der Waals surface area contributed by atoms with Gasteiger partial charge in [-0.2, -0.15) is 0 Å². The number of halogens is 2. The molecule has 0 radical (unpaired) electrons. The maximum atomic E-state index is 14.6. The number of nitrogens with zero attached hydrogens (tertiary/aromatic N) is 1. The van der Waals surface area contributed by atoms with E-state index < -0.39 is 0 Å². The van der Waals surface area contributed by atoms with Crippen LogP contribution in [0.3, 0.4) is 0 Å². The fourth-order valence-corrected chi connectivity index (χ4v) is 4.31. The fourth-order valence-electron chi connectivity index (χ4n) is 4.31. The summed E-state index contributed by atoms with van der Waals surface area (Å²) in [5, 5.41) is 0. The second-order valence-corrected chi connectivity index (χ2v) is 6.91. The van der Waals surface area contributed by atoms with Crippen LogP contribution in [0.25, 0.3) is 0 Å². The monoisotopic (exact) mass is 360 g/mol. The van der Waals surface area contributed by atoms with Crippen molar-refractivity contribution in [2.24, 2.45) is 5.73 Å². The Morgan fingerprint density at radius 2 is 1.80 bits per heavy atom. The Morgan fingerprint density at radius 3 is 2.44 bits per heavy atom. The van der Waals surface area contributed by atoms with E-state index in [1.807, 2.05) is 30.3 Å². The fraction of sp³-hybridized carbons (Fsp3) is 0.350. The number of carbonyl (C=O) groups is 1. The van der Waals surface area contributed by atoms with Crippen molar-refractivity contribution in [1.82, 2.24) is 0 Å². The minimum Gasteiger partial charge on any atom is -0.326 e. The van der Waals surface area contributed by atoms with Crippen molar-refractivity contribution in [2.45, 2.75) is 37.6 Å². The third kappa shape index (κ3) is 2.83. The van der Waals surface area contributed by atoms with Gasteiger partial charge in [-0.05, 0) is 42.7 Å². The number of fused-ring (bicyclic) bond motifs is 2. The van der Waals surface area contributed by atoms with Gasteiger partial charge in [0.1, 0.15) is 5.82 Å². The lowest BCUT2D eigenvalue weighted by Crippen LogP contribution is -2.35. The lowest BCUT2D eigenvalue weighted by molar-refractivity contribution is 0.0985. The molecule has 5 heteroatoms. The zero-order valence-electron chi connectivity index (χ0n) is 14.0. The molecule has 2 aromatic rings. The summed E-state index contributed by atoms with van der Waals surface area (Å²) in [6, 6.07) is 12.5. The van der Waals surface area contributed by atoms with Crippen molar-refractivity contribution in [1.29, 1.82) is 0 Å². The molecule has 1 heterocycles. The highest BCUT2D eigenvalue weighted by molar-refractivity contribution is 6.07. The first kappa shape index (κ1) is 17.9. The van der Waals surface area contributed by atoms with Gasteiger partial charge in [0, 0.05) is 29.6 Å². The zero-order valence-corrected chi connectivity index (χ0v) is 14.8. The number of hydrogen-bond acceptors (Lipinski definition) is 2. The van der Waals surface area contributed by atoms with Crippen molar-refractivity contribution < 1.29 is 9.18 Å². The Kier molecular flexibility index (Phi) is 4.85. The summed E-state index contributed by atoms with van der Waals surface area (Å²) in [5.74, 6) is -0.239. The SMILES string of the molecule is Cl.NCc1ccc(C(=O)N2CC3(CCCC3)c3c(F)cccc32)cc1. The van der Waals surface area contributed by atoms with Crippen LogP contribution in [0.4, 0.5) is 10.1 Å². The van der Waals surface area contributed by atoms with Crippen LogP contribution in [0, 0.1) is 5.82 Å². The Balaban J connectivity index is 0.00000182. The van der Waals surface area contributed by atoms with Crippen molar-refractivity contribution >= 4 is 24.0 Å². The Labute approximate surface area is 153 Å². The van der Waals surface area contributed by atoms with E-state index in [-0.39, 0.29) is 29.5 Å². The number of amides is 1. The Bertz CT molecular complexity index is 785. The molecule has 0 bridgehead atoms. The molecule has 0 aromatic heterocycles. The normalized spacial score (nSPS) is 17.4. The van der Waals surface area contributed by atoms with Crippen LogP contribution in [-0.2, 0) is 12.0 Å². The van der Waals surface area contributed by atoms with Crippen LogP contribution < -0.4 is 10.6 Å². The molecule has 3 nitrogen and oxygen atoms in total. The van der Waals surface area contributed by atoms with Crippen LogP contribution in [0.5, 0.6) is 0 Å². The number of rotatable bonds is 2. The van der Waals surface area contributed by atoms with Gasteiger partial charge in [-0.25, -0.2) is 4.39 Å². The number of benzene rings is 2. The molecule has 132 valence electrons. The number of nitrogens with two attached hydrogens (primary N) is 1. The molecule has 2 aliphatic rings. The summed E-state index contributed by atoms with van der Waals surface area (Å²) in [7, 11) is 0. The molecule has 1 amide bonds. The molecule has 0 saturated heterocycles. The van der Waals surface area contributed by atoms with Gasteiger partial charge in [-0.3, -0.25) is 4.79 Å². The van der Waals surface area contributed by atoms with Crippen LogP contribution in [-0.4, -0.2) is 12.5 Å². The molecule has 1 aliphatic heterocycles. The first-order chi connectivity index (χ1) is 11.6. The molecule has 1 aliphatic carbocycles. The van der Waals surface area contributed by atoms with E-state index in [9.17, 15) is 9.18 Å². The molecule has 25 heavy (non-hydrogen) atoms. The minimum atomic E-state index is -0.201. The van der Waals surface area contributed by atoms with Gasteiger partial charge in [0.2, 0.25) is 0 Å². The van der Waals surface area contributed by atoms with Crippen molar-refractivity contribution in [3.8, 4) is 0 Å². The first-order valence-electron chi connectivity index (χ1n) is 8.54. The summed E-state index contributed by atoms with van der Waals surface area (Å²) in [6.45, 7) is 1.04. The first-order valence-corrected chi connectivity index (χ1v) is 8.54. The predicted octanol–water partition coefficient (Wildman–Crippen LogP) is 4.18. The number of hydrogen-bond donors (Lipinski definition) is 1. The van der Waals surface area contributed by atoms with E-state index in [1.165, 1.54) is 6.07 Å². The highest BCUT2D eigenvalue weighted by atomic mass is 35.5. The van der Waals surface area contributed by atoms with Crippen LogP contribution in [0.2, 0.25) is 0 Å². The summed E-state index contributed by atoms with van der Waals surface area (Å²) in [5.41, 5.74) is 8.52. The highest BCUT2D eigenvalue weighted by Gasteiger charge is 2.48. The zero-order chi connectivity index (χ0) is 16.7. The number of anilines is 1. The van der Waals surface area contributed by atoms with Crippen molar-refractivity contribution in [2.75, 3.05) is 11.4 Å². The largest absolute Gasteiger partial charge is 0.326 e. The molecule has 4 rings (SSSR count). The Morgan fingerprint density at radius 1 is 1.12 bits per heavy atom. The van der Waals surface area contributed by atoms with E-state index >= 15 is 0 Å². The topological polar surface area (TPSA) is 46.3 Å². The summed E-state index contributed by atoms with van der Waals surface area (Å²) in [6.07, 6.45) is 4.11. The average Bonchev–Trinajstić information content (AvgIpc) is 3.21. The van der Waals surface area contributed by atoms with Crippen LogP contribution in [0.15, 0.2) is 42.5 Å². The second kappa shape index (κ2) is 6.77. The standard InChI is InChI=1S/C20H21FN2O.ClH/c21-16-4-3-5-17-18(16)20(10-1-2-11-20)13-23(17)19(24)15-8-6-14(12-22)7-9-15;/h3-9H,1-2,10-13,22H2;1H. The summed E-state index contributed by atoms with van der Waals surface area (Å²) < 4.78 is 14.6. The van der Waals surface area contributed by atoms with Crippen LogP contribution >= 0.6 is 12.4 Å². The summed E-state index contributed by atoms with van der Waals surface area (Å²) >= 11 is 0. The van der Waals surface area contributed by atoms with E-state index in [0.29, 0.717) is 18.7 Å². The molecule has 2 aromatic carbocycles. The summed E-state index contributed by atoms with van der Waals surface area (Å²) in [4.78, 5) is 14.8. The average molecular weight is 361 g/mol. The lowest BCUT2D eigenvalue weighted by Gasteiger charge is -2.25. The molecule has 1 spiro atoms. The van der Waals surface area contributed by atoms with Gasteiger partial charge < -0.3 is 10.6 Å². The number of carbonyl (C=O) groups excluding carboxylic acids is 1. The molecule has 1 saturated carbocycles. The molecular weight excluding hydrogens is 339 g/mol. The molecule has 0 atom stereocenters. The van der Waals surface area contributed by atoms with Gasteiger partial charge in [0.15, 0.2) is 0 Å².